The molecule has 1 aromatic heterocycles. The Morgan fingerprint density at radius 3 is 2.29 bits per heavy atom. The second-order valence-corrected chi connectivity index (χ2v) is 9.44. The Balaban J connectivity index is 1.45. The van der Waals surface area contributed by atoms with Crippen molar-refractivity contribution in [3.63, 3.8) is 0 Å². The highest BCUT2D eigenvalue weighted by Crippen LogP contribution is 2.25. The minimum atomic E-state index is -3.54. The fraction of sp³-hybridized carbons (Fsp3) is 0.273. The van der Waals surface area contributed by atoms with E-state index < -0.39 is 10.0 Å². The minimum absolute atomic E-state index is 0.255. The fourth-order valence-electron chi connectivity index (χ4n) is 3.48. The molecule has 0 aliphatic carbocycles. The molecule has 4 rings (SSSR count). The fourth-order valence-corrected chi connectivity index (χ4v) is 5.03. The summed E-state index contributed by atoms with van der Waals surface area (Å²) in [6.45, 7) is 4.43. The molecule has 0 amide bonds. The van der Waals surface area contributed by atoms with Crippen LogP contribution in [-0.4, -0.2) is 55.5 Å². The van der Waals surface area contributed by atoms with Crippen LogP contribution >= 0.6 is 11.6 Å². The van der Waals surface area contributed by atoms with Gasteiger partial charge in [-0.2, -0.15) is 4.31 Å². The van der Waals surface area contributed by atoms with Crippen LogP contribution in [0.25, 0.3) is 11.3 Å². The van der Waals surface area contributed by atoms with Crippen molar-refractivity contribution in [2.45, 2.75) is 11.8 Å². The molecule has 2 aromatic carbocycles. The minimum Gasteiger partial charge on any atom is -0.494 e. The summed E-state index contributed by atoms with van der Waals surface area (Å²) in [5, 5.41) is 0.510. The zero-order chi connectivity index (χ0) is 21.8. The summed E-state index contributed by atoms with van der Waals surface area (Å²) < 4.78 is 32.8. The highest BCUT2D eigenvalue weighted by Gasteiger charge is 2.29. The molecule has 1 saturated heterocycles. The van der Waals surface area contributed by atoms with Crippen molar-refractivity contribution in [2.24, 2.45) is 0 Å². The second-order valence-electron chi connectivity index (χ2n) is 7.06. The van der Waals surface area contributed by atoms with Crippen molar-refractivity contribution in [3.8, 4) is 17.0 Å². The van der Waals surface area contributed by atoms with Gasteiger partial charge in [-0.3, -0.25) is 0 Å². The Morgan fingerprint density at radius 1 is 0.968 bits per heavy atom. The van der Waals surface area contributed by atoms with Crippen LogP contribution in [0.1, 0.15) is 6.92 Å². The first-order chi connectivity index (χ1) is 15.0. The molecule has 1 aliphatic rings. The molecule has 3 aromatic rings. The number of ether oxygens (including phenoxy) is 1. The lowest BCUT2D eigenvalue weighted by molar-refractivity contribution is 0.340. The van der Waals surface area contributed by atoms with Gasteiger partial charge in [-0.1, -0.05) is 11.6 Å². The molecule has 0 unspecified atom stereocenters. The standard InChI is InChI=1S/C22H23ClN4O3S/c1-2-30-19-7-3-17(4-8-19)21-15-22(25-16-24-21)26-11-13-27(14-12-26)31(28,29)20-9-5-18(23)6-10-20/h3-10,15-16H,2,11-14H2,1H3. The summed E-state index contributed by atoms with van der Waals surface area (Å²) in [6.07, 6.45) is 1.54. The van der Waals surface area contributed by atoms with E-state index in [9.17, 15) is 8.42 Å². The van der Waals surface area contributed by atoms with Crippen molar-refractivity contribution in [1.82, 2.24) is 14.3 Å². The van der Waals surface area contributed by atoms with Crippen LogP contribution in [0, 0.1) is 0 Å². The Hall–Kier alpha value is -2.68. The first-order valence-corrected chi connectivity index (χ1v) is 11.8. The number of sulfonamides is 1. The van der Waals surface area contributed by atoms with Gasteiger partial charge in [-0.15, -0.1) is 0 Å². The molecule has 0 spiro atoms. The van der Waals surface area contributed by atoms with Gasteiger partial charge >= 0.3 is 0 Å². The molecular formula is C22H23ClN4O3S. The summed E-state index contributed by atoms with van der Waals surface area (Å²) in [6, 6.07) is 16.0. The topological polar surface area (TPSA) is 75.6 Å². The molecule has 31 heavy (non-hydrogen) atoms. The van der Waals surface area contributed by atoms with Gasteiger partial charge in [0.25, 0.3) is 0 Å². The highest BCUT2D eigenvalue weighted by molar-refractivity contribution is 7.89. The maximum absolute atomic E-state index is 12.9. The normalized spacial score (nSPS) is 15.1. The van der Waals surface area contributed by atoms with Crippen molar-refractivity contribution >= 4 is 27.4 Å². The first kappa shape index (κ1) is 21.5. The van der Waals surface area contributed by atoms with E-state index in [4.69, 9.17) is 16.3 Å². The Morgan fingerprint density at radius 2 is 1.65 bits per heavy atom. The Kier molecular flexibility index (Phi) is 6.41. The molecule has 0 bridgehead atoms. The summed E-state index contributed by atoms with van der Waals surface area (Å²) in [4.78, 5) is 11.1. The predicted molar refractivity (Wildman–Crippen MR) is 121 cm³/mol. The van der Waals surface area contributed by atoms with Gasteiger partial charge in [-0.25, -0.2) is 18.4 Å². The number of piperazine rings is 1. The monoisotopic (exact) mass is 458 g/mol. The van der Waals surface area contributed by atoms with E-state index in [0.29, 0.717) is 37.8 Å². The lowest BCUT2D eigenvalue weighted by Gasteiger charge is -2.34. The van der Waals surface area contributed by atoms with Gasteiger partial charge in [0.2, 0.25) is 10.0 Å². The largest absolute Gasteiger partial charge is 0.494 e. The van der Waals surface area contributed by atoms with Crippen LogP contribution < -0.4 is 9.64 Å². The summed E-state index contributed by atoms with van der Waals surface area (Å²) in [5.74, 6) is 1.60. The van der Waals surface area contributed by atoms with E-state index in [1.54, 1.807) is 12.1 Å². The van der Waals surface area contributed by atoms with E-state index in [0.717, 1.165) is 22.8 Å². The van der Waals surface area contributed by atoms with Crippen LogP contribution in [-0.2, 0) is 10.0 Å². The summed E-state index contributed by atoms with van der Waals surface area (Å²) >= 11 is 5.88. The average Bonchev–Trinajstić information content (AvgIpc) is 2.80. The number of rotatable bonds is 6. The number of aromatic nitrogens is 2. The second kappa shape index (κ2) is 9.21. The average molecular weight is 459 g/mol. The third-order valence-corrected chi connectivity index (χ3v) is 7.29. The number of halogens is 1. The number of anilines is 1. The first-order valence-electron chi connectivity index (χ1n) is 10.0. The van der Waals surface area contributed by atoms with Crippen molar-refractivity contribution in [3.05, 3.63) is 65.9 Å². The zero-order valence-corrected chi connectivity index (χ0v) is 18.7. The van der Waals surface area contributed by atoms with Crippen LogP contribution in [0.5, 0.6) is 5.75 Å². The molecule has 162 valence electrons. The molecular weight excluding hydrogens is 436 g/mol. The van der Waals surface area contributed by atoms with Gasteiger partial charge in [0, 0.05) is 42.8 Å². The van der Waals surface area contributed by atoms with Gasteiger partial charge in [0.1, 0.15) is 17.9 Å². The number of hydrogen-bond donors (Lipinski definition) is 0. The molecule has 0 radical (unpaired) electrons. The number of nitrogens with zero attached hydrogens (tertiary/aromatic N) is 4. The number of hydrogen-bond acceptors (Lipinski definition) is 6. The smallest absolute Gasteiger partial charge is 0.243 e. The molecule has 0 N–H and O–H groups in total. The quantitative estimate of drug-likeness (QED) is 0.560. The zero-order valence-electron chi connectivity index (χ0n) is 17.1. The van der Waals surface area contributed by atoms with E-state index in [1.807, 2.05) is 37.3 Å². The molecule has 2 heterocycles. The maximum Gasteiger partial charge on any atom is 0.243 e. The summed E-state index contributed by atoms with van der Waals surface area (Å²) in [7, 11) is -3.54. The Labute approximate surface area is 187 Å². The highest BCUT2D eigenvalue weighted by atomic mass is 35.5. The predicted octanol–water partition coefficient (Wildman–Crippen LogP) is 3.71. The number of benzene rings is 2. The molecule has 7 nitrogen and oxygen atoms in total. The van der Waals surface area contributed by atoms with E-state index in [2.05, 4.69) is 14.9 Å². The van der Waals surface area contributed by atoms with Crippen molar-refractivity contribution in [1.29, 1.82) is 0 Å². The van der Waals surface area contributed by atoms with Gasteiger partial charge in [-0.05, 0) is 55.5 Å². The molecule has 0 atom stereocenters. The summed E-state index contributed by atoms with van der Waals surface area (Å²) in [5.41, 5.74) is 1.78. The van der Waals surface area contributed by atoms with Gasteiger partial charge < -0.3 is 9.64 Å². The van der Waals surface area contributed by atoms with Crippen LogP contribution in [0.4, 0.5) is 5.82 Å². The third-order valence-electron chi connectivity index (χ3n) is 5.13. The van der Waals surface area contributed by atoms with Crippen molar-refractivity contribution in [2.75, 3.05) is 37.7 Å². The van der Waals surface area contributed by atoms with Crippen LogP contribution in [0.3, 0.4) is 0 Å². The third kappa shape index (κ3) is 4.81. The molecule has 1 aliphatic heterocycles. The van der Waals surface area contributed by atoms with E-state index >= 15 is 0 Å². The Bertz CT molecular complexity index is 1130. The molecule has 1 fully saturated rings. The van der Waals surface area contributed by atoms with Crippen LogP contribution in [0.2, 0.25) is 5.02 Å². The lowest BCUT2D eigenvalue weighted by atomic mass is 10.1. The van der Waals surface area contributed by atoms with Gasteiger partial charge in [0.05, 0.1) is 17.2 Å². The maximum atomic E-state index is 12.9. The van der Waals surface area contributed by atoms with Gasteiger partial charge in [0.15, 0.2) is 0 Å². The lowest BCUT2D eigenvalue weighted by Crippen LogP contribution is -2.48. The molecule has 0 saturated carbocycles. The SMILES string of the molecule is CCOc1ccc(-c2cc(N3CCN(S(=O)(=O)c4ccc(Cl)cc4)CC3)ncn2)cc1. The van der Waals surface area contributed by atoms with E-state index in [1.165, 1.54) is 22.8 Å². The van der Waals surface area contributed by atoms with Crippen molar-refractivity contribution < 1.29 is 13.2 Å². The van der Waals surface area contributed by atoms with Crippen LogP contribution in [0.15, 0.2) is 65.8 Å². The van der Waals surface area contributed by atoms with E-state index in [-0.39, 0.29) is 4.90 Å². The molecule has 9 heteroatoms.